The first-order valence-corrected chi connectivity index (χ1v) is 3.61. The van der Waals surface area contributed by atoms with Gasteiger partial charge in [-0.25, -0.2) is 0 Å². The maximum absolute atomic E-state index is 8.58. The zero-order chi connectivity index (χ0) is 8.15. The zero-order valence-electron chi connectivity index (χ0n) is 5.27. The van der Waals surface area contributed by atoms with Gasteiger partial charge in [0.15, 0.2) is 0 Å². The Morgan fingerprint density at radius 3 is 2.10 bits per heavy atom. The molecule has 0 fully saturated rings. The summed E-state index contributed by atoms with van der Waals surface area (Å²) in [6.07, 6.45) is -0.619. The van der Waals surface area contributed by atoms with E-state index in [-0.39, 0.29) is 16.1 Å². The van der Waals surface area contributed by atoms with Gasteiger partial charge in [0, 0.05) is 7.11 Å². The maximum atomic E-state index is 8.58. The molecule has 0 aromatic heterocycles. The molecule has 0 amide bonds. The zero-order valence-corrected chi connectivity index (χ0v) is 7.54. The summed E-state index contributed by atoms with van der Waals surface area (Å²) in [6.45, 7) is -0.238. The molecule has 1 atom stereocenters. The number of aliphatic hydroxyl groups excluding tert-OH is 1. The molecule has 0 aliphatic heterocycles. The summed E-state index contributed by atoms with van der Waals surface area (Å²) in [6, 6.07) is 0. The van der Waals surface area contributed by atoms with Crippen molar-refractivity contribution in [1.82, 2.24) is 0 Å². The normalized spacial score (nSPS) is 12.9. The van der Waals surface area contributed by atoms with Gasteiger partial charge in [0.05, 0.1) is 11.6 Å². The van der Waals surface area contributed by atoms with Gasteiger partial charge in [-0.1, -0.05) is 34.8 Å². The van der Waals surface area contributed by atoms with Crippen LogP contribution in [-0.2, 0) is 4.74 Å². The smallest absolute Gasteiger partial charge is 0.124 e. The molecule has 0 aliphatic carbocycles. The van der Waals surface area contributed by atoms with Crippen LogP contribution < -0.4 is 0 Å². The third-order valence-corrected chi connectivity index (χ3v) is 1.95. The van der Waals surface area contributed by atoms with Crippen LogP contribution in [0.2, 0.25) is 0 Å². The molecule has 0 radical (unpaired) electrons. The molecule has 0 spiro atoms. The van der Waals surface area contributed by atoms with Gasteiger partial charge in [-0.15, -0.1) is 0 Å². The summed E-state index contributed by atoms with van der Waals surface area (Å²) in [7, 11) is 1.40. The lowest BCUT2D eigenvalue weighted by Crippen LogP contribution is -2.15. The van der Waals surface area contributed by atoms with Gasteiger partial charge >= 0.3 is 0 Å². The van der Waals surface area contributed by atoms with Gasteiger partial charge in [0.25, 0.3) is 0 Å². The van der Waals surface area contributed by atoms with Crippen LogP contribution in [0, 0.1) is 0 Å². The minimum absolute atomic E-state index is 0.0810. The number of methoxy groups -OCH3 is 1. The van der Waals surface area contributed by atoms with Crippen molar-refractivity contribution in [2.75, 3.05) is 13.7 Å². The third-order valence-electron chi connectivity index (χ3n) is 0.914. The fraction of sp³-hybridized carbons (Fsp3) is 0.600. The topological polar surface area (TPSA) is 29.5 Å². The molecule has 0 aliphatic rings. The van der Waals surface area contributed by atoms with Gasteiger partial charge in [0.1, 0.15) is 10.6 Å². The highest BCUT2D eigenvalue weighted by molar-refractivity contribution is 6.59. The molecule has 1 N–H and O–H groups in total. The Kier molecular flexibility index (Phi) is 5.49. The summed E-state index contributed by atoms with van der Waals surface area (Å²) in [4.78, 5) is 0. The predicted octanol–water partition coefficient (Wildman–Crippen LogP) is 1.88. The van der Waals surface area contributed by atoms with E-state index in [2.05, 4.69) is 0 Å². The number of halogens is 3. The van der Waals surface area contributed by atoms with Crippen molar-refractivity contribution >= 4 is 34.8 Å². The lowest BCUT2D eigenvalue weighted by molar-refractivity contribution is 0.0789. The first kappa shape index (κ1) is 10.5. The van der Waals surface area contributed by atoms with Crippen molar-refractivity contribution in [3.05, 3.63) is 9.52 Å². The second kappa shape index (κ2) is 5.22. The Morgan fingerprint density at radius 2 is 2.00 bits per heavy atom. The Bertz CT molecular complexity index is 127. The van der Waals surface area contributed by atoms with Gasteiger partial charge in [0.2, 0.25) is 0 Å². The van der Waals surface area contributed by atoms with E-state index < -0.39 is 6.10 Å². The molecule has 0 aromatic rings. The maximum Gasteiger partial charge on any atom is 0.124 e. The van der Waals surface area contributed by atoms with Crippen molar-refractivity contribution in [2.24, 2.45) is 0 Å². The first-order chi connectivity index (χ1) is 4.63. The summed E-state index contributed by atoms with van der Waals surface area (Å²) in [5.41, 5.74) is 0. The highest BCUT2D eigenvalue weighted by Gasteiger charge is 2.12. The van der Waals surface area contributed by atoms with Crippen LogP contribution in [0.1, 0.15) is 0 Å². The van der Waals surface area contributed by atoms with E-state index in [1.807, 2.05) is 0 Å². The van der Waals surface area contributed by atoms with Gasteiger partial charge in [-0.3, -0.25) is 0 Å². The van der Waals surface area contributed by atoms with Crippen molar-refractivity contribution in [2.45, 2.75) is 6.10 Å². The number of hydrogen-bond donors (Lipinski definition) is 1. The van der Waals surface area contributed by atoms with Gasteiger partial charge < -0.3 is 9.84 Å². The minimum atomic E-state index is -0.619. The Labute approximate surface area is 74.3 Å². The summed E-state index contributed by atoms with van der Waals surface area (Å²) in [5, 5.41) is 8.70. The molecule has 5 heteroatoms. The minimum Gasteiger partial charge on any atom is -0.393 e. The van der Waals surface area contributed by atoms with E-state index in [0.29, 0.717) is 0 Å². The van der Waals surface area contributed by atoms with Crippen LogP contribution in [0.5, 0.6) is 0 Å². The number of aliphatic hydroxyl groups is 1. The predicted molar refractivity (Wildman–Crippen MR) is 42.5 cm³/mol. The standard InChI is InChI=1S/C5H7Cl3O2/c1-10-3(2-9)4(6)5(7)8/h3,9H,2H2,1H3. The number of ether oxygens (including phenoxy) is 1. The quantitative estimate of drug-likeness (QED) is 0.762. The number of hydrogen-bond acceptors (Lipinski definition) is 2. The van der Waals surface area contributed by atoms with E-state index in [4.69, 9.17) is 44.6 Å². The van der Waals surface area contributed by atoms with Crippen LogP contribution in [-0.4, -0.2) is 24.9 Å². The van der Waals surface area contributed by atoms with Crippen LogP contribution in [0.25, 0.3) is 0 Å². The van der Waals surface area contributed by atoms with Crippen molar-refractivity contribution < 1.29 is 9.84 Å². The van der Waals surface area contributed by atoms with E-state index >= 15 is 0 Å². The molecule has 2 nitrogen and oxygen atoms in total. The van der Waals surface area contributed by atoms with E-state index in [9.17, 15) is 0 Å². The van der Waals surface area contributed by atoms with Crippen molar-refractivity contribution in [3.8, 4) is 0 Å². The molecule has 0 bridgehead atoms. The van der Waals surface area contributed by atoms with Crippen LogP contribution >= 0.6 is 34.8 Å². The Hall–Kier alpha value is 0.530. The van der Waals surface area contributed by atoms with Crippen LogP contribution in [0.4, 0.5) is 0 Å². The third kappa shape index (κ3) is 3.08. The van der Waals surface area contributed by atoms with Crippen LogP contribution in [0.15, 0.2) is 9.52 Å². The van der Waals surface area contributed by atoms with Gasteiger partial charge in [-0.2, -0.15) is 0 Å². The molecule has 10 heavy (non-hydrogen) atoms. The second-order valence-electron chi connectivity index (χ2n) is 1.52. The van der Waals surface area contributed by atoms with E-state index in [1.54, 1.807) is 0 Å². The molecular formula is C5H7Cl3O2. The summed E-state index contributed by atoms with van der Waals surface area (Å²) in [5.74, 6) is 0. The largest absolute Gasteiger partial charge is 0.393 e. The van der Waals surface area contributed by atoms with E-state index in [0.717, 1.165) is 0 Å². The summed E-state index contributed by atoms with van der Waals surface area (Å²) < 4.78 is 4.63. The van der Waals surface area contributed by atoms with Crippen LogP contribution in [0.3, 0.4) is 0 Å². The summed E-state index contributed by atoms with van der Waals surface area (Å²) >= 11 is 16.1. The second-order valence-corrected chi connectivity index (χ2v) is 2.87. The Morgan fingerprint density at radius 1 is 1.50 bits per heavy atom. The van der Waals surface area contributed by atoms with Crippen molar-refractivity contribution in [1.29, 1.82) is 0 Å². The highest BCUT2D eigenvalue weighted by atomic mass is 35.5. The fourth-order valence-electron chi connectivity index (χ4n) is 0.380. The average Bonchev–Trinajstić information content (AvgIpc) is 1.90. The SMILES string of the molecule is COC(CO)C(Cl)=C(Cl)Cl. The Balaban J connectivity index is 4.15. The average molecular weight is 205 g/mol. The molecule has 0 aromatic carbocycles. The highest BCUT2D eigenvalue weighted by Crippen LogP contribution is 2.22. The molecule has 0 saturated heterocycles. The lowest BCUT2D eigenvalue weighted by Gasteiger charge is -2.10. The van der Waals surface area contributed by atoms with Crippen molar-refractivity contribution in [3.63, 3.8) is 0 Å². The molecule has 0 saturated carbocycles. The molecule has 0 rings (SSSR count). The van der Waals surface area contributed by atoms with E-state index in [1.165, 1.54) is 7.11 Å². The number of rotatable bonds is 3. The fourth-order valence-corrected chi connectivity index (χ4v) is 0.781. The van der Waals surface area contributed by atoms with Gasteiger partial charge in [-0.05, 0) is 0 Å². The monoisotopic (exact) mass is 204 g/mol. The first-order valence-electron chi connectivity index (χ1n) is 2.47. The molecule has 0 heterocycles. The lowest BCUT2D eigenvalue weighted by atomic mass is 10.4. The molecular weight excluding hydrogens is 198 g/mol. The molecule has 60 valence electrons. The molecule has 1 unspecified atom stereocenters.